The van der Waals surface area contributed by atoms with Gasteiger partial charge in [0, 0.05) is 62.3 Å². The van der Waals surface area contributed by atoms with Crippen LogP contribution in [0.5, 0.6) is 0 Å². The number of urea groups is 1. The van der Waals surface area contributed by atoms with Gasteiger partial charge >= 0.3 is 6.03 Å². The lowest BCUT2D eigenvalue weighted by molar-refractivity contribution is -0.122. The molecule has 6 rings (SSSR count). The number of piperidine rings is 1. The highest BCUT2D eigenvalue weighted by Gasteiger charge is 2.32. The Morgan fingerprint density at radius 3 is 2.51 bits per heavy atom. The second-order valence-corrected chi connectivity index (χ2v) is 12.2. The van der Waals surface area contributed by atoms with E-state index in [9.17, 15) is 14.9 Å². The number of nitriles is 1. The van der Waals surface area contributed by atoms with Crippen molar-refractivity contribution >= 4 is 29.5 Å². The Kier molecular flexibility index (Phi) is 9.56. The molecule has 4 N–H and O–H groups in total. The van der Waals surface area contributed by atoms with Crippen molar-refractivity contribution in [1.82, 2.24) is 30.0 Å². The van der Waals surface area contributed by atoms with Gasteiger partial charge in [0.25, 0.3) is 0 Å². The summed E-state index contributed by atoms with van der Waals surface area (Å²) in [6.07, 6.45) is 11.6. The summed E-state index contributed by atoms with van der Waals surface area (Å²) in [6, 6.07) is 15.7. The normalized spacial score (nSPS) is 19.4. The molecule has 1 unspecified atom stereocenters. The highest BCUT2D eigenvalue weighted by molar-refractivity contribution is 5.91. The second-order valence-electron chi connectivity index (χ2n) is 12.2. The van der Waals surface area contributed by atoms with Crippen molar-refractivity contribution in [2.75, 3.05) is 28.2 Å². The second kappa shape index (κ2) is 14.3. The van der Waals surface area contributed by atoms with E-state index in [1.54, 1.807) is 22.0 Å². The number of benzene rings is 1. The topological polar surface area (TPSA) is 171 Å². The Labute approximate surface area is 273 Å². The van der Waals surface area contributed by atoms with E-state index in [0.29, 0.717) is 42.8 Å². The first-order valence-electron chi connectivity index (χ1n) is 16.0. The lowest BCUT2D eigenvalue weighted by atomic mass is 9.90. The van der Waals surface area contributed by atoms with Crippen molar-refractivity contribution < 1.29 is 9.59 Å². The third-order valence-electron chi connectivity index (χ3n) is 8.95. The van der Waals surface area contributed by atoms with Crippen molar-refractivity contribution in [2.45, 2.75) is 57.2 Å². The Balaban J connectivity index is 1.15. The summed E-state index contributed by atoms with van der Waals surface area (Å²) < 4.78 is 1.75. The molecule has 242 valence electrons. The number of aryl methyl sites for hydroxylation is 1. The van der Waals surface area contributed by atoms with Crippen LogP contribution in [-0.2, 0) is 18.4 Å². The summed E-state index contributed by atoms with van der Waals surface area (Å²) in [7, 11) is 1.87. The van der Waals surface area contributed by atoms with Gasteiger partial charge in [-0.25, -0.2) is 14.8 Å². The van der Waals surface area contributed by atoms with E-state index < -0.39 is 0 Å². The molecule has 4 aromatic rings. The number of aromatic nitrogens is 5. The van der Waals surface area contributed by atoms with Crippen molar-refractivity contribution in [3.05, 3.63) is 78.4 Å². The summed E-state index contributed by atoms with van der Waals surface area (Å²) in [5.74, 6) is 0.946. The number of nitrogens with one attached hydrogen (secondary N) is 2. The number of primary amides is 1. The fraction of sp³-hybridized carbons (Fsp3) is 0.382. The third kappa shape index (κ3) is 7.49. The molecule has 0 bridgehead atoms. The van der Waals surface area contributed by atoms with E-state index in [1.807, 2.05) is 60.6 Å². The van der Waals surface area contributed by atoms with Gasteiger partial charge in [-0.15, -0.1) is 0 Å². The van der Waals surface area contributed by atoms with Gasteiger partial charge in [0.05, 0.1) is 18.3 Å². The summed E-state index contributed by atoms with van der Waals surface area (Å²) >= 11 is 0. The number of pyridine rings is 1. The summed E-state index contributed by atoms with van der Waals surface area (Å²) in [6.45, 7) is 1.54. The molecular formula is C34H39N11O2. The number of anilines is 3. The molecule has 13 heteroatoms. The van der Waals surface area contributed by atoms with Gasteiger partial charge in [-0.2, -0.15) is 15.3 Å². The summed E-state index contributed by atoms with van der Waals surface area (Å²) in [4.78, 5) is 43.2. The van der Waals surface area contributed by atoms with Gasteiger partial charge in [0.1, 0.15) is 17.5 Å². The fourth-order valence-electron chi connectivity index (χ4n) is 6.41. The van der Waals surface area contributed by atoms with Crippen molar-refractivity contribution in [2.24, 2.45) is 18.7 Å². The van der Waals surface area contributed by atoms with E-state index >= 15 is 0 Å². The van der Waals surface area contributed by atoms with E-state index in [-0.39, 0.29) is 29.9 Å². The highest BCUT2D eigenvalue weighted by atomic mass is 16.2. The lowest BCUT2D eigenvalue weighted by Gasteiger charge is -2.36. The molecule has 1 atom stereocenters. The van der Waals surface area contributed by atoms with Crippen molar-refractivity contribution in [1.29, 1.82) is 5.26 Å². The maximum Gasteiger partial charge on any atom is 0.323 e. The predicted octanol–water partition coefficient (Wildman–Crippen LogP) is 3.98. The van der Waals surface area contributed by atoms with E-state index in [1.165, 1.54) is 6.20 Å². The molecule has 1 saturated heterocycles. The van der Waals surface area contributed by atoms with Gasteiger partial charge in [0.2, 0.25) is 11.9 Å². The van der Waals surface area contributed by atoms with Crippen LogP contribution in [0.15, 0.2) is 67.3 Å². The molecule has 2 fully saturated rings. The number of carbonyl (C=O) groups is 2. The first-order valence-corrected chi connectivity index (χ1v) is 16.0. The largest absolute Gasteiger partial charge is 0.369 e. The maximum absolute atomic E-state index is 13.7. The van der Waals surface area contributed by atoms with Gasteiger partial charge in [-0.05, 0) is 56.2 Å². The van der Waals surface area contributed by atoms with Crippen LogP contribution in [0.4, 0.5) is 22.4 Å². The third-order valence-corrected chi connectivity index (χ3v) is 8.95. The molecular weight excluding hydrogens is 594 g/mol. The SMILES string of the molecule is Cn1cc(-c2ccc(N(C(=O)NCc3ccccc3)C3CCC(Nc4ncc(C#N)c(N5CCCC(C(N)=O)C5)n4)CC3)nc2)cn1. The minimum Gasteiger partial charge on any atom is -0.369 e. The Morgan fingerprint density at radius 1 is 1.02 bits per heavy atom. The monoisotopic (exact) mass is 633 g/mol. The van der Waals surface area contributed by atoms with Gasteiger partial charge in [0.15, 0.2) is 5.82 Å². The predicted molar refractivity (Wildman–Crippen MR) is 178 cm³/mol. The number of nitrogens with two attached hydrogens (primary N) is 1. The molecule has 47 heavy (non-hydrogen) atoms. The summed E-state index contributed by atoms with van der Waals surface area (Å²) in [5, 5.41) is 20.5. The van der Waals surface area contributed by atoms with Crippen LogP contribution in [0, 0.1) is 17.2 Å². The van der Waals surface area contributed by atoms with Crippen molar-refractivity contribution in [3.8, 4) is 17.2 Å². The molecule has 4 heterocycles. The quantitative estimate of drug-likeness (QED) is 0.247. The van der Waals surface area contributed by atoms with Gasteiger partial charge in [-0.3, -0.25) is 14.4 Å². The fourth-order valence-corrected chi connectivity index (χ4v) is 6.41. The number of rotatable bonds is 9. The smallest absolute Gasteiger partial charge is 0.323 e. The average molecular weight is 634 g/mol. The Bertz CT molecular complexity index is 1730. The van der Waals surface area contributed by atoms with Crippen LogP contribution in [-0.4, -0.2) is 61.8 Å². The molecule has 3 amide bonds. The first-order chi connectivity index (χ1) is 22.9. The first kappa shape index (κ1) is 31.5. The zero-order valence-electron chi connectivity index (χ0n) is 26.4. The van der Waals surface area contributed by atoms with E-state index in [0.717, 1.165) is 55.2 Å². The number of hydrogen-bond donors (Lipinski definition) is 3. The van der Waals surface area contributed by atoms with Crippen LogP contribution in [0.3, 0.4) is 0 Å². The van der Waals surface area contributed by atoms with Crippen LogP contribution in [0.2, 0.25) is 0 Å². The maximum atomic E-state index is 13.7. The molecule has 3 aromatic heterocycles. The molecule has 1 aromatic carbocycles. The summed E-state index contributed by atoms with van der Waals surface area (Å²) in [5.41, 5.74) is 8.85. The Morgan fingerprint density at radius 2 is 1.83 bits per heavy atom. The zero-order chi connectivity index (χ0) is 32.8. The van der Waals surface area contributed by atoms with E-state index in [2.05, 4.69) is 26.8 Å². The molecule has 0 spiro atoms. The molecule has 1 aliphatic carbocycles. The van der Waals surface area contributed by atoms with Gasteiger partial charge in [-0.1, -0.05) is 30.3 Å². The van der Waals surface area contributed by atoms with Crippen LogP contribution in [0.25, 0.3) is 11.1 Å². The minimum atomic E-state index is -0.334. The number of amides is 3. The Hall–Kier alpha value is -5.51. The van der Waals surface area contributed by atoms with Crippen LogP contribution >= 0.6 is 0 Å². The number of nitrogens with zero attached hydrogens (tertiary/aromatic N) is 8. The minimum absolute atomic E-state index is 0.0582. The molecule has 1 saturated carbocycles. The highest BCUT2D eigenvalue weighted by Crippen LogP contribution is 2.31. The number of carbonyl (C=O) groups excluding carboxylic acids is 2. The van der Waals surface area contributed by atoms with Crippen LogP contribution in [0.1, 0.15) is 49.7 Å². The number of hydrogen-bond acceptors (Lipinski definition) is 9. The van der Waals surface area contributed by atoms with Gasteiger partial charge < -0.3 is 21.3 Å². The van der Waals surface area contributed by atoms with Crippen LogP contribution < -0.4 is 26.2 Å². The van der Waals surface area contributed by atoms with E-state index in [4.69, 9.17) is 15.7 Å². The lowest BCUT2D eigenvalue weighted by Crippen LogP contribution is -2.49. The van der Waals surface area contributed by atoms with Crippen molar-refractivity contribution in [3.63, 3.8) is 0 Å². The molecule has 0 radical (unpaired) electrons. The standard InChI is InChI=1S/C34H39N11O2/c1-43-21-27(20-40-43)24-9-14-30(37-18-24)45(34(47)39-17-23-6-3-2-4-7-23)29-12-10-28(11-13-29)41-33-38-19-26(16-35)32(42-33)44-15-5-8-25(22-44)31(36)46/h2-4,6-7,9,14,18-21,25,28-29H,5,8,10-13,15,17,22H2,1H3,(H2,36,46)(H,39,47)(H,38,41,42). The molecule has 1 aliphatic heterocycles. The average Bonchev–Trinajstić information content (AvgIpc) is 3.55. The zero-order valence-corrected chi connectivity index (χ0v) is 26.4. The molecule has 13 nitrogen and oxygen atoms in total. The molecule has 2 aliphatic rings.